The third-order valence-corrected chi connectivity index (χ3v) is 3.35. The minimum Gasteiger partial charge on any atom is -0.481 e. The van der Waals surface area contributed by atoms with E-state index in [1.165, 1.54) is 16.7 Å². The highest BCUT2D eigenvalue weighted by Gasteiger charge is 2.13. The summed E-state index contributed by atoms with van der Waals surface area (Å²) in [6, 6.07) is 6.65. The van der Waals surface area contributed by atoms with Crippen LogP contribution in [0.4, 0.5) is 0 Å². The fraction of sp³-hybridized carbons (Fsp3) is 0.500. The Hall–Kier alpha value is -1.35. The van der Waals surface area contributed by atoms with E-state index in [9.17, 15) is 4.79 Å². The van der Waals surface area contributed by atoms with Crippen LogP contribution in [0.3, 0.4) is 0 Å². The summed E-state index contributed by atoms with van der Waals surface area (Å²) >= 11 is 0. The molecular weight excluding hydrogens is 214 g/mol. The van der Waals surface area contributed by atoms with Crippen LogP contribution in [0.2, 0.25) is 0 Å². The molecule has 1 aromatic carbocycles. The summed E-state index contributed by atoms with van der Waals surface area (Å²) in [5.74, 6) is -0.746. The van der Waals surface area contributed by atoms with Gasteiger partial charge in [-0.25, -0.2) is 0 Å². The van der Waals surface area contributed by atoms with Crippen molar-refractivity contribution in [2.45, 2.75) is 33.2 Å². The van der Waals surface area contributed by atoms with E-state index < -0.39 is 5.97 Å². The smallest absolute Gasteiger partial charge is 0.304 e. The van der Waals surface area contributed by atoms with Gasteiger partial charge in [-0.3, -0.25) is 9.69 Å². The van der Waals surface area contributed by atoms with Gasteiger partial charge in [0.25, 0.3) is 0 Å². The molecule has 0 radical (unpaired) electrons. The largest absolute Gasteiger partial charge is 0.481 e. The van der Waals surface area contributed by atoms with Crippen molar-refractivity contribution >= 4 is 5.97 Å². The molecule has 94 valence electrons. The SMILES string of the molecule is Cc1ccc(C(C)N(C)CCC(=O)O)cc1C. The van der Waals surface area contributed by atoms with E-state index in [0.29, 0.717) is 6.54 Å². The number of carboxylic acids is 1. The number of rotatable bonds is 5. The van der Waals surface area contributed by atoms with Gasteiger partial charge in [-0.2, -0.15) is 0 Å². The fourth-order valence-electron chi connectivity index (χ4n) is 1.74. The van der Waals surface area contributed by atoms with E-state index in [-0.39, 0.29) is 12.5 Å². The molecule has 0 amide bonds. The van der Waals surface area contributed by atoms with Gasteiger partial charge in [0.1, 0.15) is 0 Å². The normalized spacial score (nSPS) is 12.8. The van der Waals surface area contributed by atoms with Gasteiger partial charge in [0.15, 0.2) is 0 Å². The molecule has 0 fully saturated rings. The number of benzene rings is 1. The summed E-state index contributed by atoms with van der Waals surface area (Å²) in [6.45, 7) is 6.87. The topological polar surface area (TPSA) is 40.5 Å². The maximum absolute atomic E-state index is 10.5. The second-order valence-electron chi connectivity index (χ2n) is 4.64. The molecule has 1 atom stereocenters. The molecule has 17 heavy (non-hydrogen) atoms. The zero-order valence-corrected chi connectivity index (χ0v) is 11.0. The van der Waals surface area contributed by atoms with Gasteiger partial charge in [0, 0.05) is 12.6 Å². The molecule has 0 aromatic heterocycles. The van der Waals surface area contributed by atoms with Crippen LogP contribution in [0, 0.1) is 13.8 Å². The van der Waals surface area contributed by atoms with E-state index in [4.69, 9.17) is 5.11 Å². The fourth-order valence-corrected chi connectivity index (χ4v) is 1.74. The molecule has 1 unspecified atom stereocenters. The molecule has 0 saturated carbocycles. The van der Waals surface area contributed by atoms with Crippen molar-refractivity contribution in [3.8, 4) is 0 Å². The highest BCUT2D eigenvalue weighted by molar-refractivity contribution is 5.66. The number of aliphatic carboxylic acids is 1. The van der Waals surface area contributed by atoms with Crippen molar-refractivity contribution < 1.29 is 9.90 Å². The van der Waals surface area contributed by atoms with Crippen LogP contribution in [0.15, 0.2) is 18.2 Å². The summed E-state index contributed by atoms with van der Waals surface area (Å²) in [5, 5.41) is 8.67. The van der Waals surface area contributed by atoms with E-state index in [1.807, 2.05) is 7.05 Å². The Morgan fingerprint density at radius 2 is 2.00 bits per heavy atom. The average Bonchev–Trinajstić information content (AvgIpc) is 2.28. The predicted octanol–water partition coefficient (Wildman–Crippen LogP) is 2.77. The zero-order valence-electron chi connectivity index (χ0n) is 11.0. The number of carbonyl (C=O) groups is 1. The van der Waals surface area contributed by atoms with Crippen LogP contribution in [0.1, 0.15) is 36.1 Å². The zero-order chi connectivity index (χ0) is 13.0. The van der Waals surface area contributed by atoms with Crippen molar-refractivity contribution in [2.75, 3.05) is 13.6 Å². The molecular formula is C14H21NO2. The second kappa shape index (κ2) is 5.82. The van der Waals surface area contributed by atoms with Crippen molar-refractivity contribution in [1.82, 2.24) is 4.90 Å². The Morgan fingerprint density at radius 1 is 1.35 bits per heavy atom. The van der Waals surface area contributed by atoms with Crippen molar-refractivity contribution in [3.63, 3.8) is 0 Å². The number of aryl methyl sites for hydroxylation is 2. The molecule has 1 aromatic rings. The van der Waals surface area contributed by atoms with Crippen LogP contribution in [-0.4, -0.2) is 29.6 Å². The summed E-state index contributed by atoms with van der Waals surface area (Å²) < 4.78 is 0. The lowest BCUT2D eigenvalue weighted by Crippen LogP contribution is -2.25. The third-order valence-electron chi connectivity index (χ3n) is 3.35. The van der Waals surface area contributed by atoms with Gasteiger partial charge in [0.2, 0.25) is 0 Å². The Kier molecular flexibility index (Phi) is 4.70. The molecule has 0 spiro atoms. The second-order valence-corrected chi connectivity index (χ2v) is 4.64. The maximum Gasteiger partial charge on any atom is 0.304 e. The quantitative estimate of drug-likeness (QED) is 0.853. The highest BCUT2D eigenvalue weighted by Crippen LogP contribution is 2.21. The molecule has 0 aliphatic carbocycles. The van der Waals surface area contributed by atoms with Gasteiger partial charge < -0.3 is 5.11 Å². The van der Waals surface area contributed by atoms with Crippen LogP contribution >= 0.6 is 0 Å². The predicted molar refractivity (Wildman–Crippen MR) is 69.2 cm³/mol. The minimum atomic E-state index is -0.746. The lowest BCUT2D eigenvalue weighted by molar-refractivity contribution is -0.137. The summed E-state index contributed by atoms with van der Waals surface area (Å²) in [6.07, 6.45) is 0.186. The molecule has 3 heteroatoms. The molecule has 0 aliphatic heterocycles. The van der Waals surface area contributed by atoms with Crippen molar-refractivity contribution in [2.24, 2.45) is 0 Å². The van der Waals surface area contributed by atoms with Gasteiger partial charge in [-0.1, -0.05) is 18.2 Å². The van der Waals surface area contributed by atoms with Gasteiger partial charge in [0.05, 0.1) is 6.42 Å². The molecule has 0 bridgehead atoms. The van der Waals surface area contributed by atoms with Crippen molar-refractivity contribution in [1.29, 1.82) is 0 Å². The average molecular weight is 235 g/mol. The Balaban J connectivity index is 2.70. The monoisotopic (exact) mass is 235 g/mol. The molecule has 1 N–H and O–H groups in total. The number of hydrogen-bond acceptors (Lipinski definition) is 2. The standard InChI is InChI=1S/C14H21NO2/c1-10-5-6-13(9-11(10)2)12(3)15(4)8-7-14(16)17/h5-6,9,12H,7-8H2,1-4H3,(H,16,17). The number of hydrogen-bond donors (Lipinski definition) is 1. The lowest BCUT2D eigenvalue weighted by Gasteiger charge is -2.25. The third kappa shape index (κ3) is 3.86. The minimum absolute atomic E-state index is 0.186. The van der Waals surface area contributed by atoms with E-state index in [0.717, 1.165) is 0 Å². The first kappa shape index (κ1) is 13.7. The van der Waals surface area contributed by atoms with Gasteiger partial charge in [-0.15, -0.1) is 0 Å². The van der Waals surface area contributed by atoms with E-state index in [1.54, 1.807) is 0 Å². The molecule has 0 heterocycles. The van der Waals surface area contributed by atoms with Crippen molar-refractivity contribution in [3.05, 3.63) is 34.9 Å². The first-order chi connectivity index (χ1) is 7.91. The number of nitrogens with zero attached hydrogens (tertiary/aromatic N) is 1. The summed E-state index contributed by atoms with van der Waals surface area (Å²) in [4.78, 5) is 12.6. The lowest BCUT2D eigenvalue weighted by atomic mass is 10.0. The van der Waals surface area contributed by atoms with Crippen LogP contribution in [0.25, 0.3) is 0 Å². The Bertz CT molecular complexity index is 401. The molecule has 1 rings (SSSR count). The van der Waals surface area contributed by atoms with E-state index in [2.05, 4.69) is 43.9 Å². The van der Waals surface area contributed by atoms with Crippen LogP contribution < -0.4 is 0 Å². The molecule has 3 nitrogen and oxygen atoms in total. The van der Waals surface area contributed by atoms with Crippen LogP contribution in [0.5, 0.6) is 0 Å². The van der Waals surface area contributed by atoms with E-state index >= 15 is 0 Å². The maximum atomic E-state index is 10.5. The first-order valence-corrected chi connectivity index (χ1v) is 5.91. The molecule has 0 aliphatic rings. The number of carboxylic acid groups (broad SMARTS) is 1. The summed E-state index contributed by atoms with van der Waals surface area (Å²) in [7, 11) is 1.96. The van der Waals surface area contributed by atoms with Gasteiger partial charge >= 0.3 is 5.97 Å². The molecule has 0 saturated heterocycles. The Morgan fingerprint density at radius 3 is 2.53 bits per heavy atom. The Labute approximate surface area is 103 Å². The van der Waals surface area contributed by atoms with Gasteiger partial charge in [-0.05, 0) is 44.5 Å². The summed E-state index contributed by atoms with van der Waals surface area (Å²) in [5.41, 5.74) is 3.80. The first-order valence-electron chi connectivity index (χ1n) is 5.91. The highest BCUT2D eigenvalue weighted by atomic mass is 16.4. The van der Waals surface area contributed by atoms with Crippen LogP contribution in [-0.2, 0) is 4.79 Å².